The molecular weight excluding hydrogens is 434 g/mol. The summed E-state index contributed by atoms with van der Waals surface area (Å²) in [5, 5.41) is 0. The van der Waals surface area contributed by atoms with Gasteiger partial charge in [0.1, 0.15) is 6.61 Å². The van der Waals surface area contributed by atoms with Crippen LogP contribution in [-0.4, -0.2) is 42.5 Å². The summed E-state index contributed by atoms with van der Waals surface area (Å²) in [6.07, 6.45) is 0.585. The van der Waals surface area contributed by atoms with Gasteiger partial charge in [-0.15, -0.1) is 0 Å². The molecule has 1 saturated heterocycles. The Kier molecular flexibility index (Phi) is 4.86. The van der Waals surface area contributed by atoms with E-state index in [0.717, 1.165) is 16.8 Å². The highest BCUT2D eigenvalue weighted by molar-refractivity contribution is 7.89. The van der Waals surface area contributed by atoms with E-state index >= 15 is 0 Å². The summed E-state index contributed by atoms with van der Waals surface area (Å²) in [7, 11) is -2.20. The van der Waals surface area contributed by atoms with Gasteiger partial charge in [-0.1, -0.05) is 17.7 Å². The van der Waals surface area contributed by atoms with E-state index in [0.29, 0.717) is 18.4 Å². The number of oxazole rings is 1. The Morgan fingerprint density at radius 2 is 1.78 bits per heavy atom. The summed E-state index contributed by atoms with van der Waals surface area (Å²) >= 11 is 0. The van der Waals surface area contributed by atoms with Gasteiger partial charge in [0, 0.05) is 37.8 Å². The van der Waals surface area contributed by atoms with Gasteiger partial charge >= 0.3 is 11.8 Å². The minimum atomic E-state index is -3.76. The summed E-state index contributed by atoms with van der Waals surface area (Å²) in [5.74, 6) is -0.542. The zero-order valence-electron chi connectivity index (χ0n) is 17.8. The van der Waals surface area contributed by atoms with E-state index in [4.69, 9.17) is 9.15 Å². The van der Waals surface area contributed by atoms with Crippen molar-refractivity contribution in [3.05, 3.63) is 58.1 Å². The Morgan fingerprint density at radius 1 is 1.03 bits per heavy atom. The third kappa shape index (κ3) is 3.30. The lowest BCUT2D eigenvalue weighted by Gasteiger charge is -2.39. The molecule has 3 aromatic rings. The van der Waals surface area contributed by atoms with Crippen LogP contribution in [0.5, 0.6) is 0 Å². The molecule has 2 aliphatic rings. The van der Waals surface area contributed by atoms with E-state index in [-0.39, 0.29) is 36.2 Å². The molecule has 0 saturated carbocycles. The van der Waals surface area contributed by atoms with Crippen LogP contribution in [0.15, 0.2) is 50.5 Å². The number of hydrogen-bond donors (Lipinski definition) is 0. The Morgan fingerprint density at radius 3 is 2.53 bits per heavy atom. The SMILES string of the molecule is Cc1ccc2c(c1)COC(=O)N2C1CCN(S(=O)(=O)c2ccc3c(c2)oc(=O)n3C)CC1. The predicted molar refractivity (Wildman–Crippen MR) is 117 cm³/mol. The fraction of sp³-hybridized carbons (Fsp3) is 0.364. The lowest BCUT2D eigenvalue weighted by molar-refractivity contribution is 0.135. The number of anilines is 1. The minimum absolute atomic E-state index is 0.0796. The number of carbonyl (C=O) groups excluding carboxylic acids is 1. The number of amides is 1. The van der Waals surface area contributed by atoms with Crippen LogP contribution >= 0.6 is 0 Å². The highest BCUT2D eigenvalue weighted by atomic mass is 32.2. The van der Waals surface area contributed by atoms with Gasteiger partial charge in [0.05, 0.1) is 16.1 Å². The Balaban J connectivity index is 1.37. The maximum Gasteiger partial charge on any atom is 0.419 e. The van der Waals surface area contributed by atoms with E-state index in [1.165, 1.54) is 21.0 Å². The number of sulfonamides is 1. The second kappa shape index (κ2) is 7.49. The average Bonchev–Trinajstić information content (AvgIpc) is 3.07. The fourth-order valence-corrected chi connectivity index (χ4v) is 5.97. The molecule has 1 fully saturated rings. The first-order chi connectivity index (χ1) is 15.3. The summed E-state index contributed by atoms with van der Waals surface area (Å²) in [6.45, 7) is 2.78. The molecule has 2 aliphatic heterocycles. The van der Waals surface area contributed by atoms with E-state index in [9.17, 15) is 18.0 Å². The van der Waals surface area contributed by atoms with Crippen molar-refractivity contribution in [3.8, 4) is 0 Å². The van der Waals surface area contributed by atoms with Gasteiger partial charge in [0.15, 0.2) is 5.58 Å². The van der Waals surface area contributed by atoms with Crippen molar-refractivity contribution >= 4 is 32.9 Å². The number of piperidine rings is 1. The smallest absolute Gasteiger partial charge is 0.419 e. The van der Waals surface area contributed by atoms with Crippen LogP contribution in [0, 0.1) is 6.92 Å². The van der Waals surface area contributed by atoms with Gasteiger partial charge < -0.3 is 9.15 Å². The summed E-state index contributed by atoms with van der Waals surface area (Å²) < 4.78 is 39.6. The molecule has 1 aromatic heterocycles. The molecule has 9 nitrogen and oxygen atoms in total. The molecule has 0 N–H and O–H groups in total. The van der Waals surface area contributed by atoms with Crippen LogP contribution in [0.3, 0.4) is 0 Å². The largest absolute Gasteiger partial charge is 0.444 e. The third-order valence-electron chi connectivity index (χ3n) is 6.23. The van der Waals surface area contributed by atoms with Crippen molar-refractivity contribution in [2.45, 2.75) is 37.3 Å². The number of fused-ring (bicyclic) bond motifs is 2. The topological polar surface area (TPSA) is 102 Å². The highest BCUT2D eigenvalue weighted by Crippen LogP contribution is 2.33. The van der Waals surface area contributed by atoms with E-state index in [2.05, 4.69) is 0 Å². The van der Waals surface area contributed by atoms with Crippen LogP contribution in [0.1, 0.15) is 24.0 Å². The number of ether oxygens (including phenoxy) is 1. The molecule has 0 spiro atoms. The van der Waals surface area contributed by atoms with Gasteiger partial charge in [0.2, 0.25) is 10.0 Å². The molecule has 2 aromatic carbocycles. The first-order valence-corrected chi connectivity index (χ1v) is 11.8. The molecule has 5 rings (SSSR count). The second-order valence-electron chi connectivity index (χ2n) is 8.25. The second-order valence-corrected chi connectivity index (χ2v) is 10.2. The minimum Gasteiger partial charge on any atom is -0.444 e. The van der Waals surface area contributed by atoms with Gasteiger partial charge in [-0.2, -0.15) is 4.31 Å². The molecule has 0 atom stereocenters. The Labute approximate surface area is 184 Å². The van der Waals surface area contributed by atoms with Crippen molar-refractivity contribution in [1.29, 1.82) is 0 Å². The Bertz CT molecular complexity index is 1380. The molecule has 0 aliphatic carbocycles. The normalized spacial score (nSPS) is 18.1. The number of nitrogens with zero attached hydrogens (tertiary/aromatic N) is 3. The molecule has 0 unspecified atom stereocenters. The van der Waals surface area contributed by atoms with Crippen molar-refractivity contribution in [2.24, 2.45) is 7.05 Å². The summed E-state index contributed by atoms with van der Waals surface area (Å²) in [6, 6.07) is 10.2. The summed E-state index contributed by atoms with van der Waals surface area (Å²) in [5.41, 5.74) is 3.64. The monoisotopic (exact) mass is 457 g/mol. The molecule has 10 heteroatoms. The van der Waals surface area contributed by atoms with Gasteiger partial charge in [-0.05, 0) is 38.0 Å². The molecule has 3 heterocycles. The quantitative estimate of drug-likeness (QED) is 0.599. The zero-order chi connectivity index (χ0) is 22.6. The van der Waals surface area contributed by atoms with E-state index in [1.807, 2.05) is 25.1 Å². The average molecular weight is 458 g/mol. The number of aryl methyl sites for hydroxylation is 2. The number of rotatable bonds is 3. The molecule has 168 valence electrons. The molecule has 0 bridgehead atoms. The molecule has 0 radical (unpaired) electrons. The number of carbonyl (C=O) groups is 1. The maximum absolute atomic E-state index is 13.2. The van der Waals surface area contributed by atoms with Crippen molar-refractivity contribution < 1.29 is 22.4 Å². The van der Waals surface area contributed by atoms with Gasteiger partial charge in [0.25, 0.3) is 0 Å². The first kappa shape index (κ1) is 20.8. The standard InChI is InChI=1S/C22H23N3O6S/c1-14-3-5-18-15(11-14)13-30-22(27)25(18)16-7-9-24(10-8-16)32(28,29)17-4-6-19-20(12-17)31-21(26)23(19)2/h3-6,11-12,16H,7-10,13H2,1-2H3. The lowest BCUT2D eigenvalue weighted by atomic mass is 10.0. The van der Waals surface area contributed by atoms with Crippen molar-refractivity contribution in [3.63, 3.8) is 0 Å². The third-order valence-corrected chi connectivity index (χ3v) is 8.13. The van der Waals surface area contributed by atoms with Crippen LogP contribution in [0.25, 0.3) is 11.1 Å². The molecule has 1 amide bonds. The van der Waals surface area contributed by atoms with Gasteiger partial charge in [-0.25, -0.2) is 18.0 Å². The summed E-state index contributed by atoms with van der Waals surface area (Å²) in [4.78, 5) is 26.0. The fourth-order valence-electron chi connectivity index (χ4n) is 4.48. The first-order valence-electron chi connectivity index (χ1n) is 10.4. The number of cyclic esters (lactones) is 1. The molecular formula is C22H23N3O6S. The van der Waals surface area contributed by atoms with E-state index in [1.54, 1.807) is 18.0 Å². The zero-order valence-corrected chi connectivity index (χ0v) is 18.6. The number of benzene rings is 2. The van der Waals surface area contributed by atoms with Gasteiger partial charge in [-0.3, -0.25) is 9.47 Å². The maximum atomic E-state index is 13.2. The van der Waals surface area contributed by atoms with Crippen molar-refractivity contribution in [2.75, 3.05) is 18.0 Å². The Hall–Kier alpha value is -3.11. The van der Waals surface area contributed by atoms with Crippen LogP contribution in [0.2, 0.25) is 0 Å². The van der Waals surface area contributed by atoms with Crippen molar-refractivity contribution in [1.82, 2.24) is 8.87 Å². The van der Waals surface area contributed by atoms with Crippen LogP contribution in [-0.2, 0) is 28.4 Å². The van der Waals surface area contributed by atoms with E-state index < -0.39 is 21.9 Å². The molecule has 32 heavy (non-hydrogen) atoms. The van der Waals surface area contributed by atoms with Crippen LogP contribution in [0.4, 0.5) is 10.5 Å². The lowest BCUT2D eigenvalue weighted by Crippen LogP contribution is -2.50. The van der Waals surface area contributed by atoms with Crippen LogP contribution < -0.4 is 10.7 Å². The predicted octanol–water partition coefficient (Wildman–Crippen LogP) is 2.75. The number of aromatic nitrogens is 1. The highest BCUT2D eigenvalue weighted by Gasteiger charge is 2.37. The number of hydrogen-bond acceptors (Lipinski definition) is 6.